The molecule has 1 fully saturated rings. The van der Waals surface area contributed by atoms with E-state index in [1.165, 1.54) is 0 Å². The number of nitrogens with one attached hydrogen (secondary N) is 1. The van der Waals surface area contributed by atoms with Crippen LogP contribution in [0.5, 0.6) is 0 Å². The van der Waals surface area contributed by atoms with Gasteiger partial charge in [0.25, 0.3) is 0 Å². The van der Waals surface area contributed by atoms with Crippen molar-refractivity contribution in [3.05, 3.63) is 68.8 Å². The lowest BCUT2D eigenvalue weighted by Crippen LogP contribution is -2.41. The molecule has 186 valence electrons. The summed E-state index contributed by atoms with van der Waals surface area (Å²) in [6, 6.07) is 7.26. The lowest BCUT2D eigenvalue weighted by Gasteiger charge is -2.29. The molecule has 2 aromatic rings. The molecule has 3 aliphatic heterocycles. The average Bonchev–Trinajstić information content (AvgIpc) is 3.56. The summed E-state index contributed by atoms with van der Waals surface area (Å²) in [6.45, 7) is 6.47. The van der Waals surface area contributed by atoms with Gasteiger partial charge in [-0.1, -0.05) is 12.1 Å². The molecule has 5 rings (SSSR count). The number of hydrogen-bond donors (Lipinski definition) is 3. The molecule has 35 heavy (non-hydrogen) atoms. The Morgan fingerprint density at radius 3 is 2.23 bits per heavy atom. The molecule has 3 atom stereocenters. The van der Waals surface area contributed by atoms with Crippen LogP contribution in [-0.2, 0) is 22.7 Å². The van der Waals surface area contributed by atoms with E-state index in [1.807, 2.05) is 26.0 Å². The zero-order chi connectivity index (χ0) is 24.7. The number of cyclic esters (lactones) is 2. The Balaban J connectivity index is 1.24. The normalized spacial score (nSPS) is 21.0. The molecule has 1 saturated heterocycles. The molecule has 0 aliphatic carbocycles. The third-order valence-electron chi connectivity index (χ3n) is 7.84. The molecule has 0 amide bonds. The minimum atomic E-state index is -0.665. The lowest BCUT2D eigenvalue weighted by molar-refractivity contribution is 0.0526. The second kappa shape index (κ2) is 9.70. The summed E-state index contributed by atoms with van der Waals surface area (Å²) in [4.78, 5) is 26.0. The van der Waals surface area contributed by atoms with Crippen molar-refractivity contribution in [2.45, 2.75) is 58.1 Å². The first kappa shape index (κ1) is 23.9. The Kier molecular flexibility index (Phi) is 6.63. The summed E-state index contributed by atoms with van der Waals surface area (Å²) in [7, 11) is 0. The van der Waals surface area contributed by atoms with Crippen molar-refractivity contribution in [3.63, 3.8) is 0 Å². The van der Waals surface area contributed by atoms with Gasteiger partial charge in [-0.05, 0) is 67.6 Å². The third kappa shape index (κ3) is 4.36. The van der Waals surface area contributed by atoms with Crippen LogP contribution >= 0.6 is 0 Å². The second-order valence-electron chi connectivity index (χ2n) is 9.71. The Hall–Kier alpha value is -2.78. The Bertz CT molecular complexity index is 1160. The summed E-state index contributed by atoms with van der Waals surface area (Å²) in [5, 5.41) is 24.7. The number of carbonyl (C=O) groups excluding carboxylic acids is 2. The van der Waals surface area contributed by atoms with E-state index in [2.05, 4.69) is 10.2 Å². The van der Waals surface area contributed by atoms with Crippen molar-refractivity contribution < 1.29 is 29.3 Å². The summed E-state index contributed by atoms with van der Waals surface area (Å²) >= 11 is 0. The van der Waals surface area contributed by atoms with E-state index < -0.39 is 6.10 Å². The van der Waals surface area contributed by atoms with E-state index in [9.17, 15) is 19.8 Å². The molecule has 8 heteroatoms. The van der Waals surface area contributed by atoms with Crippen molar-refractivity contribution >= 4 is 11.9 Å². The number of β-amino-alcohol motifs (C(OH)–C–C–N with tert-alkyl or cyclic N) is 1. The maximum atomic E-state index is 11.9. The minimum absolute atomic E-state index is 0.0567. The first-order valence-electron chi connectivity index (χ1n) is 12.2. The number of aliphatic hydroxyl groups is 2. The standard InChI is InChI=1S/C27H32N2O6/c1-15-18(5-7-20-22(15)13-34-26(20)32)24(12-30)28-10-17-4-3-9-29(17)11-25(31)19-6-8-21-23(16(19)2)14-35-27(21)33/h5-8,17,24-25,28,30-31H,3-4,9-14H2,1-2H3. The topological polar surface area (TPSA) is 108 Å². The van der Waals surface area contributed by atoms with E-state index in [4.69, 9.17) is 9.47 Å². The van der Waals surface area contributed by atoms with Gasteiger partial charge in [-0.25, -0.2) is 9.59 Å². The maximum absolute atomic E-state index is 11.9. The number of nitrogens with zero attached hydrogens (tertiary/aromatic N) is 1. The smallest absolute Gasteiger partial charge is 0.338 e. The number of esters is 2. The third-order valence-corrected chi connectivity index (χ3v) is 7.84. The molecule has 0 saturated carbocycles. The number of benzene rings is 2. The summed E-state index contributed by atoms with van der Waals surface area (Å²) in [6.07, 6.45) is 1.39. The Morgan fingerprint density at radius 1 is 1.00 bits per heavy atom. The zero-order valence-corrected chi connectivity index (χ0v) is 20.2. The first-order valence-corrected chi connectivity index (χ1v) is 12.2. The molecule has 3 unspecified atom stereocenters. The van der Waals surface area contributed by atoms with Crippen LogP contribution in [0.25, 0.3) is 0 Å². The van der Waals surface area contributed by atoms with Crippen molar-refractivity contribution in [1.29, 1.82) is 0 Å². The second-order valence-corrected chi connectivity index (χ2v) is 9.71. The molecule has 8 nitrogen and oxygen atoms in total. The molecule has 3 N–H and O–H groups in total. The summed E-state index contributed by atoms with van der Waals surface area (Å²) < 4.78 is 10.3. The number of ether oxygens (including phenoxy) is 2. The number of rotatable bonds is 8. The average molecular weight is 481 g/mol. The number of likely N-dealkylation sites (tertiary alicyclic amines) is 1. The van der Waals surface area contributed by atoms with Crippen molar-refractivity contribution in [2.24, 2.45) is 0 Å². The fourth-order valence-corrected chi connectivity index (χ4v) is 5.71. The fraction of sp³-hybridized carbons (Fsp3) is 0.481. The van der Waals surface area contributed by atoms with Gasteiger partial charge in [0.2, 0.25) is 0 Å². The Morgan fingerprint density at radius 2 is 1.60 bits per heavy atom. The molecule has 2 aromatic carbocycles. The van der Waals surface area contributed by atoms with Crippen LogP contribution in [0.1, 0.15) is 79.1 Å². The number of fused-ring (bicyclic) bond motifs is 2. The predicted octanol–water partition coefficient (Wildman–Crippen LogP) is 2.47. The van der Waals surface area contributed by atoms with E-state index >= 15 is 0 Å². The van der Waals surface area contributed by atoms with Crippen LogP contribution in [0.2, 0.25) is 0 Å². The highest BCUT2D eigenvalue weighted by atomic mass is 16.5. The van der Waals surface area contributed by atoms with Crippen LogP contribution < -0.4 is 5.32 Å². The molecule has 0 bridgehead atoms. The summed E-state index contributed by atoms with van der Waals surface area (Å²) in [5.41, 5.74) is 6.67. The molecule has 3 aliphatic rings. The van der Waals surface area contributed by atoms with Gasteiger partial charge < -0.3 is 25.0 Å². The van der Waals surface area contributed by atoms with Crippen LogP contribution in [-0.4, -0.2) is 59.3 Å². The van der Waals surface area contributed by atoms with Gasteiger partial charge in [-0.2, -0.15) is 0 Å². The largest absolute Gasteiger partial charge is 0.457 e. The number of hydrogen-bond acceptors (Lipinski definition) is 8. The minimum Gasteiger partial charge on any atom is -0.457 e. The van der Waals surface area contributed by atoms with Crippen molar-refractivity contribution in [2.75, 3.05) is 26.2 Å². The van der Waals surface area contributed by atoms with E-state index in [0.29, 0.717) is 24.2 Å². The quantitative estimate of drug-likeness (QED) is 0.495. The molecule has 0 spiro atoms. The van der Waals surface area contributed by atoms with Crippen molar-refractivity contribution in [1.82, 2.24) is 10.2 Å². The SMILES string of the molecule is Cc1c(C(O)CN2CCCC2CNC(CO)c2ccc3c(c2C)COC3=O)ccc2c1COC2=O. The zero-order valence-electron chi connectivity index (χ0n) is 20.2. The van der Waals surface area contributed by atoms with Gasteiger partial charge >= 0.3 is 11.9 Å². The molecule has 3 heterocycles. The summed E-state index contributed by atoms with van der Waals surface area (Å²) in [5.74, 6) is -0.591. The van der Waals surface area contributed by atoms with Gasteiger partial charge in [0.1, 0.15) is 13.2 Å². The van der Waals surface area contributed by atoms with Crippen LogP contribution in [0.4, 0.5) is 0 Å². The predicted molar refractivity (Wildman–Crippen MR) is 128 cm³/mol. The van der Waals surface area contributed by atoms with E-state index in [0.717, 1.165) is 52.8 Å². The maximum Gasteiger partial charge on any atom is 0.338 e. The van der Waals surface area contributed by atoms with Crippen LogP contribution in [0, 0.1) is 13.8 Å². The van der Waals surface area contributed by atoms with Gasteiger partial charge in [-0.3, -0.25) is 4.90 Å². The van der Waals surface area contributed by atoms with Gasteiger partial charge in [0, 0.05) is 30.3 Å². The molecule has 0 radical (unpaired) electrons. The monoisotopic (exact) mass is 480 g/mol. The number of carbonyl (C=O) groups is 2. The highest BCUT2D eigenvalue weighted by Crippen LogP contribution is 2.32. The van der Waals surface area contributed by atoms with Crippen LogP contribution in [0.3, 0.4) is 0 Å². The Labute approximate surface area is 204 Å². The van der Waals surface area contributed by atoms with E-state index in [-0.39, 0.29) is 43.8 Å². The van der Waals surface area contributed by atoms with Gasteiger partial charge in [-0.15, -0.1) is 0 Å². The fourth-order valence-electron chi connectivity index (χ4n) is 5.71. The van der Waals surface area contributed by atoms with Gasteiger partial charge in [0.15, 0.2) is 0 Å². The highest BCUT2D eigenvalue weighted by Gasteiger charge is 2.31. The van der Waals surface area contributed by atoms with Crippen LogP contribution in [0.15, 0.2) is 24.3 Å². The molecular weight excluding hydrogens is 448 g/mol. The lowest BCUT2D eigenvalue weighted by atomic mass is 9.94. The first-order chi connectivity index (χ1) is 16.9. The molecular formula is C27H32N2O6. The number of aliphatic hydroxyl groups excluding tert-OH is 2. The van der Waals surface area contributed by atoms with E-state index in [1.54, 1.807) is 12.1 Å². The van der Waals surface area contributed by atoms with Gasteiger partial charge in [0.05, 0.1) is 29.9 Å². The molecule has 0 aromatic heterocycles. The van der Waals surface area contributed by atoms with Crippen molar-refractivity contribution in [3.8, 4) is 0 Å². The highest BCUT2D eigenvalue weighted by molar-refractivity contribution is 5.94.